The summed E-state index contributed by atoms with van der Waals surface area (Å²) in [6, 6.07) is 0. The molecule has 0 N–H and O–H groups in total. The van der Waals surface area contributed by atoms with Crippen LogP contribution in [0.4, 0.5) is 4.79 Å². The van der Waals surface area contributed by atoms with Crippen LogP contribution in [-0.2, 0) is 11.3 Å². The number of carbonyl (C=O) groups excluding carboxylic acids is 2. The number of nitrogens with zero attached hydrogens (tertiary/aromatic N) is 4. The third-order valence-electron chi connectivity index (χ3n) is 3.58. The Labute approximate surface area is 140 Å². The second-order valence-electron chi connectivity index (χ2n) is 5.74. The van der Waals surface area contributed by atoms with E-state index >= 15 is 0 Å². The first-order valence-electron chi connectivity index (χ1n) is 7.74. The summed E-state index contributed by atoms with van der Waals surface area (Å²) in [5.74, 6) is 0.00788. The molecule has 0 saturated carbocycles. The van der Waals surface area contributed by atoms with Crippen LogP contribution in [0.1, 0.15) is 27.3 Å². The first-order chi connectivity index (χ1) is 10.9. The molecule has 2 amide bonds. The normalized spacial score (nSPS) is 15.2. The summed E-state index contributed by atoms with van der Waals surface area (Å²) in [5.41, 5.74) is 0.782. The molecule has 1 aromatic heterocycles. The van der Waals surface area contributed by atoms with Gasteiger partial charge in [0.05, 0.1) is 12.3 Å². The van der Waals surface area contributed by atoms with Crippen LogP contribution < -0.4 is 0 Å². The maximum atomic E-state index is 12.7. The van der Waals surface area contributed by atoms with Gasteiger partial charge in [0.25, 0.3) is 5.91 Å². The SMILES string of the molecule is CCOC(=O)N1CCN(C(=O)c2sc(CN(C)C)nc2C)CC1. The third-order valence-corrected chi connectivity index (χ3v) is 4.71. The van der Waals surface area contributed by atoms with Gasteiger partial charge in [0, 0.05) is 32.7 Å². The Bertz CT molecular complexity index is 565. The fourth-order valence-corrected chi connectivity index (χ4v) is 3.59. The van der Waals surface area contributed by atoms with E-state index in [1.165, 1.54) is 11.3 Å². The molecule has 0 radical (unpaired) electrons. The molecule has 2 rings (SSSR count). The summed E-state index contributed by atoms with van der Waals surface area (Å²) < 4.78 is 4.99. The minimum absolute atomic E-state index is 0.00788. The highest BCUT2D eigenvalue weighted by Crippen LogP contribution is 2.21. The second-order valence-corrected chi connectivity index (χ2v) is 6.82. The number of hydrogen-bond acceptors (Lipinski definition) is 6. The van der Waals surface area contributed by atoms with E-state index in [2.05, 4.69) is 4.98 Å². The average molecular weight is 340 g/mol. The number of aromatic nitrogens is 1. The van der Waals surface area contributed by atoms with Crippen molar-refractivity contribution in [2.24, 2.45) is 0 Å². The van der Waals surface area contributed by atoms with E-state index in [1.54, 1.807) is 16.7 Å². The van der Waals surface area contributed by atoms with E-state index in [9.17, 15) is 9.59 Å². The predicted octanol–water partition coefficient (Wildman–Crippen LogP) is 1.43. The van der Waals surface area contributed by atoms with Crippen molar-refractivity contribution < 1.29 is 14.3 Å². The number of piperazine rings is 1. The highest BCUT2D eigenvalue weighted by Gasteiger charge is 2.27. The molecular formula is C15H24N4O3S. The summed E-state index contributed by atoms with van der Waals surface area (Å²) >= 11 is 1.46. The van der Waals surface area contributed by atoms with Crippen molar-refractivity contribution in [2.75, 3.05) is 46.9 Å². The molecule has 7 nitrogen and oxygen atoms in total. The largest absolute Gasteiger partial charge is 0.450 e. The maximum absolute atomic E-state index is 12.7. The molecule has 0 aromatic carbocycles. The molecule has 2 heterocycles. The van der Waals surface area contributed by atoms with Gasteiger partial charge in [-0.05, 0) is 27.9 Å². The minimum Gasteiger partial charge on any atom is -0.450 e. The summed E-state index contributed by atoms with van der Waals surface area (Å²) in [6.07, 6.45) is -0.304. The standard InChI is InChI=1S/C15H24N4O3S/c1-5-22-15(21)19-8-6-18(7-9-19)14(20)13-11(2)16-12(23-13)10-17(3)4/h5-10H2,1-4H3. The highest BCUT2D eigenvalue weighted by atomic mass is 32.1. The molecule has 1 aliphatic heterocycles. The van der Waals surface area contributed by atoms with Gasteiger partial charge in [-0.1, -0.05) is 0 Å². The first-order valence-corrected chi connectivity index (χ1v) is 8.56. The lowest BCUT2D eigenvalue weighted by Crippen LogP contribution is -2.50. The zero-order chi connectivity index (χ0) is 17.0. The van der Waals surface area contributed by atoms with Crippen LogP contribution in [0.25, 0.3) is 0 Å². The quantitative estimate of drug-likeness (QED) is 0.829. The summed E-state index contributed by atoms with van der Waals surface area (Å²) in [7, 11) is 3.96. The molecule has 1 aliphatic rings. The Hall–Kier alpha value is -1.67. The van der Waals surface area contributed by atoms with Crippen molar-refractivity contribution in [3.05, 3.63) is 15.6 Å². The Morgan fingerprint density at radius 3 is 2.39 bits per heavy atom. The van der Waals surface area contributed by atoms with Gasteiger partial charge >= 0.3 is 6.09 Å². The Kier molecular flexibility index (Phi) is 5.95. The lowest BCUT2D eigenvalue weighted by Gasteiger charge is -2.33. The van der Waals surface area contributed by atoms with Crippen LogP contribution in [0.15, 0.2) is 0 Å². The number of thiazole rings is 1. The third kappa shape index (κ3) is 4.42. The van der Waals surface area contributed by atoms with Crippen molar-refractivity contribution >= 4 is 23.3 Å². The van der Waals surface area contributed by atoms with Gasteiger partial charge < -0.3 is 19.4 Å². The average Bonchev–Trinajstić information content (AvgIpc) is 2.86. The Morgan fingerprint density at radius 1 is 1.22 bits per heavy atom. The van der Waals surface area contributed by atoms with E-state index in [0.29, 0.717) is 37.7 Å². The highest BCUT2D eigenvalue weighted by molar-refractivity contribution is 7.13. The molecule has 0 aliphatic carbocycles. The summed E-state index contributed by atoms with van der Waals surface area (Å²) in [4.78, 5) is 35.0. The number of rotatable bonds is 4. The number of amides is 2. The van der Waals surface area contributed by atoms with Crippen LogP contribution in [0.5, 0.6) is 0 Å². The number of hydrogen-bond donors (Lipinski definition) is 0. The van der Waals surface area contributed by atoms with Crippen LogP contribution in [0.3, 0.4) is 0 Å². The van der Waals surface area contributed by atoms with E-state index in [0.717, 1.165) is 17.2 Å². The van der Waals surface area contributed by atoms with E-state index in [-0.39, 0.29) is 12.0 Å². The summed E-state index contributed by atoms with van der Waals surface area (Å²) in [6.45, 7) is 6.82. The van der Waals surface area contributed by atoms with Crippen molar-refractivity contribution in [1.29, 1.82) is 0 Å². The Morgan fingerprint density at radius 2 is 1.83 bits per heavy atom. The molecule has 0 spiro atoms. The van der Waals surface area contributed by atoms with E-state index in [1.807, 2.05) is 25.9 Å². The number of carbonyl (C=O) groups is 2. The van der Waals surface area contributed by atoms with Crippen molar-refractivity contribution in [2.45, 2.75) is 20.4 Å². The first kappa shape index (κ1) is 17.7. The molecule has 1 saturated heterocycles. The summed E-state index contributed by atoms with van der Waals surface area (Å²) in [5, 5.41) is 0.945. The topological polar surface area (TPSA) is 66.0 Å². The molecule has 128 valence electrons. The van der Waals surface area contributed by atoms with Gasteiger partial charge in [-0.25, -0.2) is 9.78 Å². The van der Waals surface area contributed by atoms with Gasteiger partial charge in [0.1, 0.15) is 9.88 Å². The van der Waals surface area contributed by atoms with Crippen LogP contribution in [-0.4, -0.2) is 78.6 Å². The van der Waals surface area contributed by atoms with Crippen molar-refractivity contribution in [3.8, 4) is 0 Å². The maximum Gasteiger partial charge on any atom is 0.409 e. The zero-order valence-corrected chi connectivity index (χ0v) is 15.0. The predicted molar refractivity (Wildman–Crippen MR) is 88.7 cm³/mol. The molecule has 0 atom stereocenters. The second kappa shape index (κ2) is 7.74. The monoisotopic (exact) mass is 340 g/mol. The Balaban J connectivity index is 1.97. The molecular weight excluding hydrogens is 316 g/mol. The van der Waals surface area contributed by atoms with Crippen LogP contribution in [0.2, 0.25) is 0 Å². The van der Waals surface area contributed by atoms with Gasteiger partial charge in [-0.2, -0.15) is 0 Å². The number of aryl methyl sites for hydroxylation is 1. The van der Waals surface area contributed by atoms with E-state index in [4.69, 9.17) is 4.74 Å². The lowest BCUT2D eigenvalue weighted by molar-refractivity contribution is 0.0573. The van der Waals surface area contributed by atoms with Crippen LogP contribution in [0, 0.1) is 6.92 Å². The molecule has 0 bridgehead atoms. The molecule has 23 heavy (non-hydrogen) atoms. The smallest absolute Gasteiger partial charge is 0.409 e. The van der Waals surface area contributed by atoms with Crippen LogP contribution >= 0.6 is 11.3 Å². The molecule has 0 unspecified atom stereocenters. The molecule has 1 fully saturated rings. The fraction of sp³-hybridized carbons (Fsp3) is 0.667. The minimum atomic E-state index is -0.304. The fourth-order valence-electron chi connectivity index (χ4n) is 2.44. The van der Waals surface area contributed by atoms with Gasteiger partial charge in [-0.3, -0.25) is 4.79 Å². The van der Waals surface area contributed by atoms with Crippen molar-refractivity contribution in [3.63, 3.8) is 0 Å². The lowest BCUT2D eigenvalue weighted by atomic mass is 10.3. The van der Waals surface area contributed by atoms with Gasteiger partial charge in [0.15, 0.2) is 0 Å². The van der Waals surface area contributed by atoms with Gasteiger partial charge in [-0.15, -0.1) is 11.3 Å². The number of ether oxygens (including phenoxy) is 1. The molecule has 8 heteroatoms. The van der Waals surface area contributed by atoms with E-state index < -0.39 is 0 Å². The van der Waals surface area contributed by atoms with Crippen molar-refractivity contribution in [1.82, 2.24) is 19.7 Å². The van der Waals surface area contributed by atoms with Gasteiger partial charge in [0.2, 0.25) is 0 Å². The molecule has 1 aromatic rings. The zero-order valence-electron chi connectivity index (χ0n) is 14.2.